The van der Waals surface area contributed by atoms with Gasteiger partial charge in [-0.1, -0.05) is 6.92 Å². The fourth-order valence-electron chi connectivity index (χ4n) is 0.476. The van der Waals surface area contributed by atoms with Gasteiger partial charge in [-0.2, -0.15) is 3.22 Å². The van der Waals surface area contributed by atoms with E-state index in [1.54, 1.807) is 0 Å². The van der Waals surface area contributed by atoms with Crippen LogP contribution in [-0.4, -0.2) is 33.0 Å². The van der Waals surface area contributed by atoms with Gasteiger partial charge in [0.2, 0.25) is 0 Å². The van der Waals surface area contributed by atoms with E-state index in [1.807, 2.05) is 0 Å². The Labute approximate surface area is 90.5 Å². The van der Waals surface area contributed by atoms with Gasteiger partial charge in [-0.05, 0) is 7.05 Å². The second-order valence-corrected chi connectivity index (χ2v) is 4.74. The Hall–Kier alpha value is 1.34. The minimum Gasteiger partial charge on any atom is -0.249 e. The van der Waals surface area contributed by atoms with Crippen LogP contribution in [0.5, 0.6) is 0 Å². The van der Waals surface area contributed by atoms with E-state index < -0.39 is 0 Å². The zero-order valence-corrected chi connectivity index (χ0v) is 10.6. The van der Waals surface area contributed by atoms with Crippen molar-refractivity contribution in [3.8, 4) is 0 Å². The standard InChI is InChI=1S/C5H13I2N3/c1-3-8-10(7)5-4-9(2)6/h8H,3-5H2,1-2H3. The molecule has 0 radical (unpaired) electrons. The highest BCUT2D eigenvalue weighted by Crippen LogP contribution is 1.96. The summed E-state index contributed by atoms with van der Waals surface area (Å²) in [5, 5.41) is 0. The maximum atomic E-state index is 3.19. The summed E-state index contributed by atoms with van der Waals surface area (Å²) in [7, 11) is 2.07. The average Bonchev–Trinajstić information content (AvgIpc) is 1.85. The van der Waals surface area contributed by atoms with E-state index >= 15 is 0 Å². The summed E-state index contributed by atoms with van der Waals surface area (Å²) in [5.74, 6) is 0. The predicted octanol–water partition coefficient (Wildman–Crippen LogP) is 1.44. The van der Waals surface area contributed by atoms with Crippen LogP contribution in [0, 0.1) is 0 Å². The van der Waals surface area contributed by atoms with Gasteiger partial charge >= 0.3 is 0 Å². The van der Waals surface area contributed by atoms with Gasteiger partial charge < -0.3 is 0 Å². The Morgan fingerprint density at radius 3 is 2.30 bits per heavy atom. The van der Waals surface area contributed by atoms with Crippen LogP contribution in [-0.2, 0) is 0 Å². The van der Waals surface area contributed by atoms with Crippen LogP contribution in [0.1, 0.15) is 6.92 Å². The molecule has 3 nitrogen and oxygen atoms in total. The van der Waals surface area contributed by atoms with Gasteiger partial charge in [0.1, 0.15) is 0 Å². The van der Waals surface area contributed by atoms with Crippen molar-refractivity contribution in [2.75, 3.05) is 26.7 Å². The summed E-state index contributed by atoms with van der Waals surface area (Å²) >= 11 is 4.55. The van der Waals surface area contributed by atoms with Crippen molar-refractivity contribution in [3.05, 3.63) is 0 Å². The molecule has 0 aromatic heterocycles. The number of hydrogen-bond donors (Lipinski definition) is 1. The molecule has 62 valence electrons. The van der Waals surface area contributed by atoms with Crippen LogP contribution in [0.15, 0.2) is 0 Å². The van der Waals surface area contributed by atoms with Gasteiger partial charge in [0.05, 0.1) is 0 Å². The first-order valence-corrected chi connectivity index (χ1v) is 5.13. The Morgan fingerprint density at radius 1 is 1.30 bits per heavy atom. The summed E-state index contributed by atoms with van der Waals surface area (Å²) in [6.07, 6.45) is 0. The second-order valence-electron chi connectivity index (χ2n) is 1.93. The van der Waals surface area contributed by atoms with Gasteiger partial charge in [-0.25, -0.2) is 8.54 Å². The molecule has 0 spiro atoms. The number of likely N-dealkylation sites (N-methyl/N-ethyl adjacent to an activating group) is 1. The normalized spacial score (nSPS) is 11.4. The molecule has 0 saturated heterocycles. The summed E-state index contributed by atoms with van der Waals surface area (Å²) in [6, 6.07) is 0. The maximum Gasteiger partial charge on any atom is 0.0372 e. The smallest absolute Gasteiger partial charge is 0.0372 e. The van der Waals surface area contributed by atoms with Crippen molar-refractivity contribution in [1.29, 1.82) is 0 Å². The molecule has 0 aliphatic rings. The number of halogens is 2. The number of hydrogen-bond acceptors (Lipinski definition) is 3. The van der Waals surface area contributed by atoms with E-state index in [-0.39, 0.29) is 0 Å². The molecule has 0 aromatic carbocycles. The van der Waals surface area contributed by atoms with Crippen LogP contribution in [0.25, 0.3) is 0 Å². The molecule has 0 bridgehead atoms. The summed E-state index contributed by atoms with van der Waals surface area (Å²) < 4.78 is 4.22. The zero-order valence-electron chi connectivity index (χ0n) is 6.27. The highest BCUT2D eigenvalue weighted by atomic mass is 127. The third kappa shape index (κ3) is 7.45. The van der Waals surface area contributed by atoms with Crippen molar-refractivity contribution in [2.45, 2.75) is 6.92 Å². The molecule has 0 unspecified atom stereocenters. The third-order valence-electron chi connectivity index (χ3n) is 0.934. The molecule has 0 aromatic rings. The SMILES string of the molecule is CCNN(I)CCN(C)I. The van der Waals surface area contributed by atoms with E-state index in [4.69, 9.17) is 0 Å². The fraction of sp³-hybridized carbons (Fsp3) is 1.00. The van der Waals surface area contributed by atoms with Crippen molar-refractivity contribution in [2.24, 2.45) is 0 Å². The summed E-state index contributed by atoms with van der Waals surface area (Å²) in [6.45, 7) is 5.22. The molecule has 5 heteroatoms. The van der Waals surface area contributed by atoms with E-state index in [1.165, 1.54) is 0 Å². The molecule has 1 N–H and O–H groups in total. The van der Waals surface area contributed by atoms with E-state index in [2.05, 4.69) is 71.5 Å². The minimum absolute atomic E-state index is 0.994. The summed E-state index contributed by atoms with van der Waals surface area (Å²) in [4.78, 5) is 0. The van der Waals surface area contributed by atoms with Crippen molar-refractivity contribution in [1.82, 2.24) is 11.8 Å². The highest BCUT2D eigenvalue weighted by Gasteiger charge is 1.97. The number of nitrogens with zero attached hydrogens (tertiary/aromatic N) is 2. The van der Waals surface area contributed by atoms with Crippen molar-refractivity contribution in [3.63, 3.8) is 0 Å². The lowest BCUT2D eigenvalue weighted by Crippen LogP contribution is -2.33. The van der Waals surface area contributed by atoms with Gasteiger partial charge in [-0.15, -0.1) is 0 Å². The minimum atomic E-state index is 0.994. The second kappa shape index (κ2) is 7.01. The quantitative estimate of drug-likeness (QED) is 0.450. The van der Waals surface area contributed by atoms with E-state index in [9.17, 15) is 0 Å². The van der Waals surface area contributed by atoms with Crippen LogP contribution in [0.2, 0.25) is 0 Å². The van der Waals surface area contributed by atoms with Crippen molar-refractivity contribution < 1.29 is 0 Å². The monoisotopic (exact) mass is 369 g/mol. The largest absolute Gasteiger partial charge is 0.249 e. The number of rotatable bonds is 5. The lowest BCUT2D eigenvalue weighted by molar-refractivity contribution is 0.374. The number of nitrogens with one attached hydrogen (secondary N) is 1. The first kappa shape index (κ1) is 11.3. The lowest BCUT2D eigenvalue weighted by Gasteiger charge is -2.15. The molecule has 10 heavy (non-hydrogen) atoms. The maximum absolute atomic E-state index is 3.19. The van der Waals surface area contributed by atoms with Gasteiger partial charge in [0, 0.05) is 65.4 Å². The predicted molar refractivity (Wildman–Crippen MR) is 61.1 cm³/mol. The Kier molecular flexibility index (Phi) is 7.95. The molecule has 0 heterocycles. The molecule has 0 atom stereocenters. The van der Waals surface area contributed by atoms with Crippen LogP contribution >= 0.6 is 45.7 Å². The molecular weight excluding hydrogens is 356 g/mol. The molecule has 0 fully saturated rings. The van der Waals surface area contributed by atoms with Gasteiger partial charge in [-0.3, -0.25) is 0 Å². The molecule has 0 saturated carbocycles. The van der Waals surface area contributed by atoms with Crippen LogP contribution < -0.4 is 5.43 Å². The average molecular weight is 369 g/mol. The van der Waals surface area contributed by atoms with Gasteiger partial charge in [0.15, 0.2) is 0 Å². The van der Waals surface area contributed by atoms with E-state index in [0.717, 1.165) is 19.6 Å². The first-order valence-electron chi connectivity index (χ1n) is 3.20. The molecular formula is C5H13I2N3. The molecule has 0 aliphatic carbocycles. The topological polar surface area (TPSA) is 18.5 Å². The zero-order chi connectivity index (χ0) is 7.98. The Morgan fingerprint density at radius 2 is 1.90 bits per heavy atom. The van der Waals surface area contributed by atoms with Gasteiger partial charge in [0.25, 0.3) is 0 Å². The van der Waals surface area contributed by atoms with Crippen LogP contribution in [0.3, 0.4) is 0 Å². The molecule has 0 aliphatic heterocycles. The Balaban J connectivity index is 3.12. The number of hydrazine groups is 1. The fourth-order valence-corrected chi connectivity index (χ4v) is 1.25. The van der Waals surface area contributed by atoms with Crippen molar-refractivity contribution >= 4 is 45.7 Å². The molecule has 0 amide bonds. The highest BCUT2D eigenvalue weighted by molar-refractivity contribution is 14.1. The van der Waals surface area contributed by atoms with Crippen LogP contribution in [0.4, 0.5) is 0 Å². The lowest BCUT2D eigenvalue weighted by atomic mass is 10.6. The molecule has 0 rings (SSSR count). The first-order chi connectivity index (χ1) is 4.66. The Bertz CT molecular complexity index is 79.3. The van der Waals surface area contributed by atoms with E-state index in [0.29, 0.717) is 0 Å². The summed E-state index contributed by atoms with van der Waals surface area (Å²) in [5.41, 5.74) is 3.19. The third-order valence-corrected chi connectivity index (χ3v) is 2.24.